The number of carbonyl (C=O) groups is 1. The van der Waals surface area contributed by atoms with E-state index in [9.17, 15) is 9.36 Å². The van der Waals surface area contributed by atoms with Crippen LogP contribution in [0.3, 0.4) is 0 Å². The van der Waals surface area contributed by atoms with Crippen molar-refractivity contribution < 1.29 is 23.5 Å². The molecule has 1 unspecified atom stereocenters. The average molecular weight is 196 g/mol. The largest absolute Gasteiger partial charge is 0.457 e. The molecule has 0 saturated heterocycles. The summed E-state index contributed by atoms with van der Waals surface area (Å²) in [6.07, 6.45) is 0.609. The second-order valence-electron chi connectivity index (χ2n) is 2.05. The molecule has 5 nitrogen and oxygen atoms in total. The van der Waals surface area contributed by atoms with Gasteiger partial charge in [0.25, 0.3) is 0 Å². The maximum atomic E-state index is 10.9. The van der Waals surface area contributed by atoms with Crippen LogP contribution in [-0.2, 0) is 13.8 Å². The summed E-state index contributed by atoms with van der Waals surface area (Å²) in [6, 6.07) is 0. The van der Waals surface area contributed by atoms with E-state index in [2.05, 4.69) is 9.26 Å². The molecule has 0 radical (unpaired) electrons. The van der Waals surface area contributed by atoms with Gasteiger partial charge in [0.2, 0.25) is 0 Å². The van der Waals surface area contributed by atoms with E-state index in [0.29, 0.717) is 6.42 Å². The van der Waals surface area contributed by atoms with Crippen molar-refractivity contribution in [3.63, 3.8) is 0 Å². The highest BCUT2D eigenvalue weighted by Gasteiger charge is 2.31. The Balaban J connectivity index is 3.98. The summed E-state index contributed by atoms with van der Waals surface area (Å²) >= 11 is 0. The minimum atomic E-state index is -4.17. The van der Waals surface area contributed by atoms with E-state index in [1.807, 2.05) is 0 Å². The lowest BCUT2D eigenvalue weighted by atomic mass is 10.5. The van der Waals surface area contributed by atoms with Crippen LogP contribution in [0.2, 0.25) is 0 Å². The highest BCUT2D eigenvalue weighted by atomic mass is 31.2. The maximum absolute atomic E-state index is 10.9. The maximum Gasteiger partial charge on any atom is 0.435 e. The summed E-state index contributed by atoms with van der Waals surface area (Å²) in [4.78, 5) is 19.6. The minimum Gasteiger partial charge on any atom is -0.457 e. The van der Waals surface area contributed by atoms with E-state index in [1.165, 1.54) is 6.92 Å². The van der Waals surface area contributed by atoms with Crippen molar-refractivity contribution in [2.75, 3.05) is 13.2 Å². The molecular weight excluding hydrogens is 183 g/mol. The predicted molar refractivity (Wildman–Crippen MR) is 43.1 cm³/mol. The fraction of sp³-hybridized carbons (Fsp3) is 0.833. The Kier molecular flexibility index (Phi) is 5.13. The van der Waals surface area contributed by atoms with E-state index in [0.717, 1.165) is 0 Å². The summed E-state index contributed by atoms with van der Waals surface area (Å²) < 4.78 is 19.6. The highest BCUT2D eigenvalue weighted by molar-refractivity contribution is 7.70. The Bertz CT molecular complexity index is 190. The van der Waals surface area contributed by atoms with Gasteiger partial charge < -0.3 is 14.2 Å². The normalized spacial score (nSPS) is 15.2. The Morgan fingerprint density at radius 2 is 2.08 bits per heavy atom. The lowest BCUT2D eigenvalue weighted by Crippen LogP contribution is -2.06. The molecule has 6 heteroatoms. The Morgan fingerprint density at radius 3 is 2.50 bits per heavy atom. The lowest BCUT2D eigenvalue weighted by Gasteiger charge is -2.08. The van der Waals surface area contributed by atoms with Gasteiger partial charge in [-0.15, -0.1) is 0 Å². The number of hydrogen-bond acceptors (Lipinski definition) is 4. The van der Waals surface area contributed by atoms with E-state index in [4.69, 9.17) is 4.89 Å². The highest BCUT2D eigenvalue weighted by Crippen LogP contribution is 2.43. The molecule has 0 rings (SSSR count). The van der Waals surface area contributed by atoms with Gasteiger partial charge in [0, 0.05) is 0 Å². The summed E-state index contributed by atoms with van der Waals surface area (Å²) in [5.41, 5.74) is -1.17. The first-order chi connectivity index (χ1) is 5.54. The van der Waals surface area contributed by atoms with Crippen molar-refractivity contribution in [3.8, 4) is 0 Å². The van der Waals surface area contributed by atoms with Crippen molar-refractivity contribution >= 4 is 13.3 Å². The molecule has 0 aromatic rings. The standard InChI is InChI=1S/C6H13O5P/c1-3-5-10-6(7)12(8,9)11-4-2/h3-5H2,1-2H3,(H,8,9). The van der Waals surface area contributed by atoms with Crippen LogP contribution in [0.1, 0.15) is 20.3 Å². The Labute approximate surface area is 71.2 Å². The fourth-order valence-electron chi connectivity index (χ4n) is 0.499. The van der Waals surface area contributed by atoms with Crippen LogP contribution in [0.5, 0.6) is 0 Å². The molecule has 0 aromatic carbocycles. The third-order valence-corrected chi connectivity index (χ3v) is 2.16. The van der Waals surface area contributed by atoms with Gasteiger partial charge in [-0.1, -0.05) is 6.92 Å². The van der Waals surface area contributed by atoms with Crippen molar-refractivity contribution in [1.29, 1.82) is 0 Å². The van der Waals surface area contributed by atoms with Crippen molar-refractivity contribution in [3.05, 3.63) is 0 Å². The topological polar surface area (TPSA) is 72.8 Å². The van der Waals surface area contributed by atoms with Crippen LogP contribution in [0, 0.1) is 0 Å². The number of ether oxygens (including phenoxy) is 1. The van der Waals surface area contributed by atoms with E-state index in [1.54, 1.807) is 6.92 Å². The molecule has 0 bridgehead atoms. The first-order valence-electron chi connectivity index (χ1n) is 3.69. The monoisotopic (exact) mass is 196 g/mol. The first-order valence-corrected chi connectivity index (χ1v) is 5.27. The first kappa shape index (κ1) is 11.6. The molecule has 0 aliphatic heterocycles. The second-order valence-corrected chi connectivity index (χ2v) is 3.72. The third-order valence-electron chi connectivity index (χ3n) is 0.964. The molecule has 12 heavy (non-hydrogen) atoms. The molecule has 0 fully saturated rings. The molecule has 0 aliphatic carbocycles. The van der Waals surface area contributed by atoms with Gasteiger partial charge in [-0.3, -0.25) is 0 Å². The molecule has 1 N–H and O–H groups in total. The lowest BCUT2D eigenvalue weighted by molar-refractivity contribution is 0.157. The van der Waals surface area contributed by atoms with E-state index < -0.39 is 13.3 Å². The zero-order chi connectivity index (χ0) is 9.61. The predicted octanol–water partition coefficient (Wildman–Crippen LogP) is 1.75. The van der Waals surface area contributed by atoms with E-state index >= 15 is 0 Å². The second kappa shape index (κ2) is 5.30. The molecular formula is C6H13O5P. The quantitative estimate of drug-likeness (QED) is 0.678. The van der Waals surface area contributed by atoms with Crippen LogP contribution < -0.4 is 0 Å². The summed E-state index contributed by atoms with van der Waals surface area (Å²) in [7, 11) is -4.17. The Hall–Kier alpha value is -0.380. The number of rotatable bonds is 5. The van der Waals surface area contributed by atoms with Crippen LogP contribution in [-0.4, -0.2) is 23.8 Å². The summed E-state index contributed by atoms with van der Waals surface area (Å²) in [5, 5.41) is 0. The molecule has 72 valence electrons. The van der Waals surface area contributed by atoms with Gasteiger partial charge >= 0.3 is 13.3 Å². The van der Waals surface area contributed by atoms with Crippen molar-refractivity contribution in [1.82, 2.24) is 0 Å². The molecule has 0 saturated carbocycles. The SMILES string of the molecule is CCCOC(=O)P(=O)(O)OCC. The summed E-state index contributed by atoms with van der Waals surface area (Å²) in [5.74, 6) is 0. The van der Waals surface area contributed by atoms with Crippen LogP contribution >= 0.6 is 7.60 Å². The fourth-order valence-corrected chi connectivity index (χ4v) is 1.21. The molecule has 0 aliphatic rings. The smallest absolute Gasteiger partial charge is 0.435 e. The van der Waals surface area contributed by atoms with Gasteiger partial charge in [0.15, 0.2) is 0 Å². The zero-order valence-corrected chi connectivity index (χ0v) is 8.04. The minimum absolute atomic E-state index is 0.00893. The summed E-state index contributed by atoms with van der Waals surface area (Å²) in [6.45, 7) is 3.46. The third kappa shape index (κ3) is 3.85. The van der Waals surface area contributed by atoms with Gasteiger partial charge in [0.1, 0.15) is 0 Å². The van der Waals surface area contributed by atoms with E-state index in [-0.39, 0.29) is 13.2 Å². The molecule has 0 aromatic heterocycles. The van der Waals surface area contributed by atoms with Crippen LogP contribution in [0.25, 0.3) is 0 Å². The van der Waals surface area contributed by atoms with Gasteiger partial charge in [-0.25, -0.2) is 9.36 Å². The molecule has 0 amide bonds. The Morgan fingerprint density at radius 1 is 1.50 bits per heavy atom. The van der Waals surface area contributed by atoms with Crippen molar-refractivity contribution in [2.45, 2.75) is 20.3 Å². The number of carbonyl (C=O) groups excluding carboxylic acids is 1. The van der Waals surface area contributed by atoms with Gasteiger partial charge in [0.05, 0.1) is 13.2 Å². The van der Waals surface area contributed by atoms with Gasteiger partial charge in [-0.05, 0) is 13.3 Å². The average Bonchev–Trinajstić information content (AvgIpc) is 2.00. The number of hydrogen-bond donors (Lipinski definition) is 1. The molecule has 0 spiro atoms. The van der Waals surface area contributed by atoms with Crippen LogP contribution in [0.15, 0.2) is 0 Å². The van der Waals surface area contributed by atoms with Crippen molar-refractivity contribution in [2.24, 2.45) is 0 Å². The van der Waals surface area contributed by atoms with Crippen LogP contribution in [0.4, 0.5) is 4.79 Å². The molecule has 0 heterocycles. The molecule has 1 atom stereocenters. The zero-order valence-electron chi connectivity index (χ0n) is 7.15. The van der Waals surface area contributed by atoms with Gasteiger partial charge in [-0.2, -0.15) is 0 Å².